The third kappa shape index (κ3) is 14.2. The van der Waals surface area contributed by atoms with Gasteiger partial charge in [-0.25, -0.2) is 0 Å². The van der Waals surface area contributed by atoms with Crippen molar-refractivity contribution in [3.05, 3.63) is 0 Å². The Labute approximate surface area is 78.8 Å². The summed E-state index contributed by atoms with van der Waals surface area (Å²) in [4.78, 5) is 10.0. The Balaban J connectivity index is 0. The molecule has 0 aliphatic heterocycles. The number of quaternary nitrogens is 1. The minimum absolute atomic E-state index is 0.282. The van der Waals surface area contributed by atoms with E-state index in [4.69, 9.17) is 10.2 Å². The van der Waals surface area contributed by atoms with Crippen molar-refractivity contribution in [1.29, 1.82) is 0 Å². The first-order valence-electron chi connectivity index (χ1n) is 3.94. The largest absolute Gasteiger partial charge is 0.550 e. The van der Waals surface area contributed by atoms with Crippen LogP contribution in [0.5, 0.6) is 0 Å². The van der Waals surface area contributed by atoms with Crippen molar-refractivity contribution in [2.45, 2.75) is 12.5 Å². The number of carbonyl (C=O) groups is 1. The molecule has 0 heterocycles. The molecule has 0 unspecified atom stereocenters. The third-order valence-electron chi connectivity index (χ3n) is 1.16. The van der Waals surface area contributed by atoms with E-state index in [1.807, 2.05) is 21.1 Å². The van der Waals surface area contributed by atoms with E-state index in [-0.39, 0.29) is 6.42 Å². The molecule has 0 spiro atoms. The zero-order valence-electron chi connectivity index (χ0n) is 8.65. The molecule has 80 valence electrons. The highest BCUT2D eigenvalue weighted by atomic mass is 16.4. The Hall–Kier alpha value is -0.650. The fourth-order valence-corrected chi connectivity index (χ4v) is 0.889. The maximum atomic E-state index is 10.0. The van der Waals surface area contributed by atoms with Crippen LogP contribution in [0.25, 0.3) is 0 Å². The summed E-state index contributed by atoms with van der Waals surface area (Å²) in [6, 6.07) is 0. The molecule has 0 rings (SSSR count). The molecule has 0 saturated heterocycles. The lowest BCUT2D eigenvalue weighted by molar-refractivity contribution is -0.873. The highest BCUT2D eigenvalue weighted by molar-refractivity contribution is 5.64. The van der Waals surface area contributed by atoms with Crippen LogP contribution < -0.4 is 5.11 Å². The van der Waals surface area contributed by atoms with Gasteiger partial charge in [0.2, 0.25) is 0 Å². The lowest BCUT2D eigenvalue weighted by Crippen LogP contribution is -2.43. The minimum Gasteiger partial charge on any atom is -0.550 e. The summed E-state index contributed by atoms with van der Waals surface area (Å²) < 4.78 is 0.550. The number of aliphatic hydroxyl groups excluding tert-OH is 2. The Morgan fingerprint density at radius 3 is 2.00 bits per heavy atom. The number of aliphatic carboxylic acids is 1. The number of rotatable bonds is 4. The van der Waals surface area contributed by atoms with Crippen LogP contribution >= 0.6 is 0 Å². The molecule has 0 amide bonds. The van der Waals surface area contributed by atoms with Gasteiger partial charge in [-0.1, -0.05) is 0 Å². The van der Waals surface area contributed by atoms with E-state index in [1.54, 1.807) is 0 Å². The normalized spacial score (nSPS) is 12.8. The standard InChI is InChI=1S/C7H15NO3.CH4O/c1-8(2,3)5-6(9)4-7(10)11;1-2/h6,9H,4-5H2,1-3H3;2H,1H3/t6-;/m1./s1. The van der Waals surface area contributed by atoms with Crippen molar-refractivity contribution in [1.82, 2.24) is 0 Å². The molecule has 5 heteroatoms. The van der Waals surface area contributed by atoms with Crippen molar-refractivity contribution in [2.24, 2.45) is 0 Å². The van der Waals surface area contributed by atoms with Crippen molar-refractivity contribution in [3.8, 4) is 0 Å². The van der Waals surface area contributed by atoms with Crippen LogP contribution in [0.1, 0.15) is 6.42 Å². The van der Waals surface area contributed by atoms with Crippen LogP contribution in [0.4, 0.5) is 0 Å². The van der Waals surface area contributed by atoms with E-state index in [1.165, 1.54) is 0 Å². The highest BCUT2D eigenvalue weighted by Gasteiger charge is 2.14. The molecule has 0 aliphatic carbocycles. The summed E-state index contributed by atoms with van der Waals surface area (Å²) in [5.74, 6) is -1.20. The van der Waals surface area contributed by atoms with E-state index in [0.29, 0.717) is 11.0 Å². The second kappa shape index (κ2) is 6.82. The summed E-state index contributed by atoms with van der Waals surface area (Å²) in [5.41, 5.74) is 0. The fraction of sp³-hybridized carbons (Fsp3) is 0.875. The average Bonchev–Trinajstić information content (AvgIpc) is 1.85. The summed E-state index contributed by atoms with van der Waals surface area (Å²) in [7, 11) is 6.66. The molecule has 13 heavy (non-hydrogen) atoms. The van der Waals surface area contributed by atoms with Crippen LogP contribution in [0.2, 0.25) is 0 Å². The van der Waals surface area contributed by atoms with Crippen molar-refractivity contribution >= 4 is 5.97 Å². The first-order chi connectivity index (χ1) is 5.81. The molecule has 0 aromatic rings. The maximum Gasteiger partial charge on any atom is 0.108 e. The smallest absolute Gasteiger partial charge is 0.108 e. The molecule has 0 bridgehead atoms. The van der Waals surface area contributed by atoms with E-state index >= 15 is 0 Å². The Kier molecular flexibility index (Phi) is 7.79. The number of carboxylic acid groups (broad SMARTS) is 1. The lowest BCUT2D eigenvalue weighted by Gasteiger charge is -2.26. The molecule has 0 aliphatic rings. The fourth-order valence-electron chi connectivity index (χ4n) is 0.889. The van der Waals surface area contributed by atoms with Gasteiger partial charge < -0.3 is 24.6 Å². The number of carboxylic acids is 1. The van der Waals surface area contributed by atoms with Crippen molar-refractivity contribution in [3.63, 3.8) is 0 Å². The molecule has 0 radical (unpaired) electrons. The van der Waals surface area contributed by atoms with E-state index < -0.39 is 12.1 Å². The monoisotopic (exact) mass is 193 g/mol. The molecule has 1 atom stereocenters. The van der Waals surface area contributed by atoms with E-state index in [0.717, 1.165) is 7.11 Å². The van der Waals surface area contributed by atoms with Crippen LogP contribution in [0, 0.1) is 0 Å². The number of carbonyl (C=O) groups excluding carboxylic acids is 1. The Bertz CT molecular complexity index is 142. The number of likely N-dealkylation sites (N-methyl/N-ethyl adjacent to an activating group) is 1. The zero-order chi connectivity index (χ0) is 11.1. The number of hydrogen-bond donors (Lipinski definition) is 2. The molecular formula is C8H19NO4. The van der Waals surface area contributed by atoms with Gasteiger partial charge in [-0.15, -0.1) is 0 Å². The summed E-state index contributed by atoms with van der Waals surface area (Å²) in [6.45, 7) is 0.425. The van der Waals surface area contributed by atoms with Gasteiger partial charge in [0.1, 0.15) is 12.6 Å². The van der Waals surface area contributed by atoms with Gasteiger partial charge >= 0.3 is 0 Å². The quantitative estimate of drug-likeness (QED) is 0.497. The third-order valence-corrected chi connectivity index (χ3v) is 1.16. The average molecular weight is 193 g/mol. The SMILES string of the molecule is CO.C[N+](C)(C)C[C@H](O)CC(=O)[O-]. The Morgan fingerprint density at radius 1 is 1.38 bits per heavy atom. The van der Waals surface area contributed by atoms with E-state index in [9.17, 15) is 9.90 Å². The van der Waals surface area contributed by atoms with Gasteiger partial charge in [0.05, 0.1) is 21.1 Å². The number of nitrogens with zero attached hydrogens (tertiary/aromatic N) is 1. The molecule has 2 N–H and O–H groups in total. The first-order valence-corrected chi connectivity index (χ1v) is 3.94. The van der Waals surface area contributed by atoms with Crippen LogP contribution in [0.15, 0.2) is 0 Å². The predicted octanol–water partition coefficient (Wildman–Crippen LogP) is -2.20. The van der Waals surface area contributed by atoms with Gasteiger partial charge in [0, 0.05) is 19.5 Å². The van der Waals surface area contributed by atoms with Gasteiger partial charge in [-0.2, -0.15) is 0 Å². The number of hydrogen-bond acceptors (Lipinski definition) is 4. The lowest BCUT2D eigenvalue weighted by atomic mass is 10.2. The predicted molar refractivity (Wildman–Crippen MR) is 46.7 cm³/mol. The maximum absolute atomic E-state index is 10.0. The van der Waals surface area contributed by atoms with Crippen molar-refractivity contribution < 1.29 is 24.6 Å². The van der Waals surface area contributed by atoms with Crippen LogP contribution in [0.3, 0.4) is 0 Å². The Morgan fingerprint density at radius 2 is 1.77 bits per heavy atom. The number of aliphatic hydroxyl groups is 2. The molecule has 0 aromatic heterocycles. The second-order valence-corrected chi connectivity index (χ2v) is 3.70. The second-order valence-electron chi connectivity index (χ2n) is 3.70. The molecule has 0 aromatic carbocycles. The minimum atomic E-state index is -1.20. The van der Waals surface area contributed by atoms with E-state index in [2.05, 4.69) is 0 Å². The highest BCUT2D eigenvalue weighted by Crippen LogP contribution is 1.97. The van der Waals surface area contributed by atoms with Crippen LogP contribution in [-0.4, -0.2) is 61.6 Å². The summed E-state index contributed by atoms with van der Waals surface area (Å²) in [6.07, 6.45) is -1.09. The van der Waals surface area contributed by atoms with Gasteiger partial charge in [-0.05, 0) is 0 Å². The van der Waals surface area contributed by atoms with Gasteiger partial charge in [-0.3, -0.25) is 0 Å². The molecule has 0 saturated carbocycles. The van der Waals surface area contributed by atoms with Gasteiger partial charge in [0.15, 0.2) is 0 Å². The summed E-state index contributed by atoms with van der Waals surface area (Å²) in [5, 5.41) is 26.1. The van der Waals surface area contributed by atoms with Crippen molar-refractivity contribution in [2.75, 3.05) is 34.8 Å². The molecular weight excluding hydrogens is 174 g/mol. The van der Waals surface area contributed by atoms with Gasteiger partial charge in [0.25, 0.3) is 0 Å². The first kappa shape index (κ1) is 14.9. The topological polar surface area (TPSA) is 80.6 Å². The van der Waals surface area contributed by atoms with Crippen LogP contribution in [-0.2, 0) is 4.79 Å². The molecule has 5 nitrogen and oxygen atoms in total. The molecule has 0 fully saturated rings. The summed E-state index contributed by atoms with van der Waals surface area (Å²) >= 11 is 0. The zero-order valence-corrected chi connectivity index (χ0v) is 8.65.